The highest BCUT2D eigenvalue weighted by Gasteiger charge is 2.38. The number of carbonyl (C=O) groups is 1. The lowest BCUT2D eigenvalue weighted by atomic mass is 9.84. The second-order valence-corrected chi connectivity index (χ2v) is 7.52. The van der Waals surface area contributed by atoms with E-state index >= 15 is 0 Å². The molecular weight excluding hydrogens is 388 g/mol. The first-order valence-corrected chi connectivity index (χ1v) is 9.64. The molecule has 0 aliphatic carbocycles. The topological polar surface area (TPSA) is 133 Å². The van der Waals surface area contributed by atoms with Gasteiger partial charge in [-0.15, -0.1) is 0 Å². The molecule has 0 unspecified atom stereocenters. The minimum absolute atomic E-state index is 0.0333. The summed E-state index contributed by atoms with van der Waals surface area (Å²) in [4.78, 5) is 30.0. The number of hydrogen-bond acceptors (Lipinski definition) is 7. The number of ketones is 1. The number of aromatic nitrogens is 2. The maximum Gasteiger partial charge on any atom is 0.257 e. The molecule has 30 heavy (non-hydrogen) atoms. The molecule has 4 rings (SSSR count). The van der Waals surface area contributed by atoms with Crippen LogP contribution >= 0.6 is 0 Å². The van der Waals surface area contributed by atoms with Gasteiger partial charge in [-0.25, -0.2) is 4.98 Å². The molecule has 8 heteroatoms. The van der Waals surface area contributed by atoms with Crippen molar-refractivity contribution in [2.24, 2.45) is 0 Å². The van der Waals surface area contributed by atoms with Gasteiger partial charge in [0.1, 0.15) is 11.4 Å². The average molecular weight is 410 g/mol. The van der Waals surface area contributed by atoms with Gasteiger partial charge in [-0.2, -0.15) is 0 Å². The maximum atomic E-state index is 13.2. The van der Waals surface area contributed by atoms with E-state index in [0.717, 1.165) is 0 Å². The van der Waals surface area contributed by atoms with Gasteiger partial charge in [0, 0.05) is 22.1 Å². The quantitative estimate of drug-likeness (QED) is 0.390. The van der Waals surface area contributed by atoms with Crippen molar-refractivity contribution in [2.45, 2.75) is 45.6 Å². The van der Waals surface area contributed by atoms with E-state index in [4.69, 9.17) is 0 Å². The van der Waals surface area contributed by atoms with Crippen LogP contribution in [0.1, 0.15) is 42.5 Å². The number of aliphatic hydroxyl groups is 3. The van der Waals surface area contributed by atoms with Crippen molar-refractivity contribution in [3.8, 4) is 17.1 Å². The van der Waals surface area contributed by atoms with Crippen LogP contribution in [0.25, 0.3) is 22.3 Å². The molecule has 156 valence electrons. The highest BCUT2D eigenvalue weighted by atomic mass is 16.3. The van der Waals surface area contributed by atoms with E-state index in [0.29, 0.717) is 33.4 Å². The summed E-state index contributed by atoms with van der Waals surface area (Å²) in [6.07, 6.45) is 0.0391. The van der Waals surface area contributed by atoms with Gasteiger partial charge in [0.25, 0.3) is 5.56 Å². The number of rotatable bonds is 5. The van der Waals surface area contributed by atoms with E-state index in [1.807, 2.05) is 0 Å². The Morgan fingerprint density at radius 2 is 1.90 bits per heavy atom. The molecule has 1 aliphatic heterocycles. The smallest absolute Gasteiger partial charge is 0.257 e. The van der Waals surface area contributed by atoms with E-state index in [9.17, 15) is 30.0 Å². The normalized spacial score (nSPS) is 14.4. The second-order valence-electron chi connectivity index (χ2n) is 7.52. The third-order valence-corrected chi connectivity index (χ3v) is 6.00. The number of hydrogen-bond donors (Lipinski definition) is 4. The van der Waals surface area contributed by atoms with Gasteiger partial charge in [0.05, 0.1) is 36.7 Å². The lowest BCUT2D eigenvalue weighted by molar-refractivity contribution is -0.136. The highest BCUT2D eigenvalue weighted by Crippen LogP contribution is 2.39. The number of Topliss-reactive ketones (excluding diaryl/α,β-unsaturated/α-hetero) is 1. The van der Waals surface area contributed by atoms with Crippen molar-refractivity contribution >= 4 is 16.7 Å². The Labute approximate surface area is 171 Å². The van der Waals surface area contributed by atoms with Gasteiger partial charge < -0.3 is 25.0 Å². The van der Waals surface area contributed by atoms with E-state index in [1.165, 1.54) is 29.7 Å². The summed E-state index contributed by atoms with van der Waals surface area (Å²) in [7, 11) is 0. The molecule has 0 spiro atoms. The molecule has 0 bridgehead atoms. The Morgan fingerprint density at radius 1 is 1.20 bits per heavy atom. The summed E-state index contributed by atoms with van der Waals surface area (Å²) in [5.41, 5.74) is 0.157. The molecule has 0 fully saturated rings. The number of aromatic hydroxyl groups is 1. The van der Waals surface area contributed by atoms with E-state index in [1.54, 1.807) is 13.0 Å². The fourth-order valence-electron chi connectivity index (χ4n) is 4.27. The molecule has 2 aromatic heterocycles. The lowest BCUT2D eigenvalue weighted by Crippen LogP contribution is -2.38. The molecule has 4 N–H and O–H groups in total. The van der Waals surface area contributed by atoms with Gasteiger partial charge in [-0.1, -0.05) is 6.92 Å². The standard InChI is InChI=1S/C22H22N2O6/c1-3-22(30,11(2)27)17-7-19-20-14(8-24(19)21(29)16(17)10-26)15(9-25)13-6-12(28)4-5-18(13)23-20/h4-7,25-26,28,30H,3,8-10H2,1-2H3/t22-/m1/s1. The van der Waals surface area contributed by atoms with Gasteiger partial charge >= 0.3 is 0 Å². The summed E-state index contributed by atoms with van der Waals surface area (Å²) in [6, 6.07) is 6.14. The van der Waals surface area contributed by atoms with Crippen LogP contribution in [0.2, 0.25) is 0 Å². The van der Waals surface area contributed by atoms with Crippen LogP contribution in [0.15, 0.2) is 29.1 Å². The number of fused-ring (bicyclic) bond motifs is 4. The van der Waals surface area contributed by atoms with Crippen molar-refractivity contribution in [2.75, 3.05) is 0 Å². The minimum atomic E-state index is -1.90. The predicted octanol–water partition coefficient (Wildman–Crippen LogP) is 1.30. The van der Waals surface area contributed by atoms with Crippen LogP contribution in [0.5, 0.6) is 5.75 Å². The number of aliphatic hydroxyl groups excluding tert-OH is 2. The van der Waals surface area contributed by atoms with E-state index in [-0.39, 0.29) is 36.4 Å². The zero-order chi connectivity index (χ0) is 21.8. The van der Waals surface area contributed by atoms with Crippen LogP contribution in [-0.4, -0.2) is 35.8 Å². The fraction of sp³-hybridized carbons (Fsp3) is 0.318. The number of phenols is 1. The number of carbonyl (C=O) groups excluding carboxylic acids is 1. The monoisotopic (exact) mass is 410 g/mol. The van der Waals surface area contributed by atoms with Crippen LogP contribution < -0.4 is 5.56 Å². The summed E-state index contributed by atoms with van der Waals surface area (Å²) in [5.74, 6) is -0.494. The maximum absolute atomic E-state index is 13.2. The van der Waals surface area contributed by atoms with Gasteiger partial charge in [-0.3, -0.25) is 9.59 Å². The van der Waals surface area contributed by atoms with Gasteiger partial charge in [0.15, 0.2) is 5.78 Å². The van der Waals surface area contributed by atoms with Crippen LogP contribution in [0.4, 0.5) is 0 Å². The summed E-state index contributed by atoms with van der Waals surface area (Å²) in [5, 5.41) is 41.3. The molecule has 1 aromatic carbocycles. The molecule has 0 amide bonds. The first-order valence-electron chi connectivity index (χ1n) is 9.64. The number of benzene rings is 1. The Balaban J connectivity index is 2.08. The summed E-state index contributed by atoms with van der Waals surface area (Å²) in [6.45, 7) is 2.04. The SMILES string of the molecule is CC[C@@](O)(C(C)=O)c1cc2n(c(=O)c1CO)Cc1c-2nc2ccc(O)cc2c1CO. The molecule has 3 aromatic rings. The Hall–Kier alpha value is -3.07. The molecular formula is C22H22N2O6. The third kappa shape index (κ3) is 2.68. The van der Waals surface area contributed by atoms with Crippen LogP contribution in [-0.2, 0) is 30.2 Å². The highest BCUT2D eigenvalue weighted by molar-refractivity contribution is 5.90. The Morgan fingerprint density at radius 3 is 2.50 bits per heavy atom. The Kier molecular flexibility index (Phi) is 4.73. The zero-order valence-electron chi connectivity index (χ0n) is 16.6. The fourth-order valence-corrected chi connectivity index (χ4v) is 4.27. The van der Waals surface area contributed by atoms with Crippen molar-refractivity contribution < 1.29 is 25.2 Å². The number of pyridine rings is 2. The van der Waals surface area contributed by atoms with Crippen molar-refractivity contribution in [1.29, 1.82) is 0 Å². The average Bonchev–Trinajstić information content (AvgIpc) is 3.09. The van der Waals surface area contributed by atoms with Gasteiger partial charge in [0.2, 0.25) is 0 Å². The first kappa shape index (κ1) is 20.2. The summed E-state index contributed by atoms with van der Waals surface area (Å²) < 4.78 is 1.42. The Bertz CT molecular complexity index is 1260. The lowest BCUT2D eigenvalue weighted by Gasteiger charge is -2.27. The van der Waals surface area contributed by atoms with Gasteiger partial charge in [-0.05, 0) is 43.2 Å². The molecule has 1 atom stereocenters. The third-order valence-electron chi connectivity index (χ3n) is 6.00. The second kappa shape index (κ2) is 7.02. The van der Waals surface area contributed by atoms with Crippen LogP contribution in [0.3, 0.4) is 0 Å². The predicted molar refractivity (Wildman–Crippen MR) is 109 cm³/mol. The van der Waals surface area contributed by atoms with Crippen molar-refractivity contribution in [3.63, 3.8) is 0 Å². The number of phenolic OH excluding ortho intramolecular Hbond substituents is 1. The van der Waals surface area contributed by atoms with E-state index < -0.39 is 23.6 Å². The molecule has 0 radical (unpaired) electrons. The van der Waals surface area contributed by atoms with Crippen molar-refractivity contribution in [1.82, 2.24) is 9.55 Å². The summed E-state index contributed by atoms with van der Waals surface area (Å²) >= 11 is 0. The molecule has 0 saturated heterocycles. The van der Waals surface area contributed by atoms with E-state index in [2.05, 4.69) is 4.98 Å². The van der Waals surface area contributed by atoms with Crippen LogP contribution in [0, 0.1) is 0 Å². The molecule has 8 nitrogen and oxygen atoms in total. The largest absolute Gasteiger partial charge is 0.508 e. The molecule has 0 saturated carbocycles. The number of nitrogens with zero attached hydrogens (tertiary/aromatic N) is 2. The molecule has 3 heterocycles. The van der Waals surface area contributed by atoms with Crippen molar-refractivity contribution in [3.05, 3.63) is 56.9 Å². The molecule has 1 aliphatic rings. The minimum Gasteiger partial charge on any atom is -0.508 e. The first-order chi connectivity index (χ1) is 14.3. The zero-order valence-corrected chi connectivity index (χ0v) is 16.6.